The predicted octanol–water partition coefficient (Wildman–Crippen LogP) is 2.54. The molecule has 0 amide bonds. The van der Waals surface area contributed by atoms with Crippen LogP contribution in [0.15, 0.2) is 41.5 Å². The maximum atomic E-state index is 4.31. The highest BCUT2D eigenvalue weighted by Gasteiger charge is 2.08. The minimum atomic E-state index is 0. The zero-order valence-corrected chi connectivity index (χ0v) is 15.0. The predicted molar refractivity (Wildman–Crippen MR) is 96.8 cm³/mol. The van der Waals surface area contributed by atoms with Crippen molar-refractivity contribution in [2.75, 3.05) is 14.1 Å². The number of aliphatic imine (C=N–C) groups is 1. The second-order valence-corrected chi connectivity index (χ2v) is 4.77. The summed E-state index contributed by atoms with van der Waals surface area (Å²) in [6.07, 6.45) is 1.75. The SMILES string of the molecule is CN=C(NCc1ccn[nH]1)N(C)Cc1ccccc1C.I. The number of halogens is 1. The van der Waals surface area contributed by atoms with Crippen molar-refractivity contribution in [1.29, 1.82) is 0 Å². The van der Waals surface area contributed by atoms with E-state index in [0.29, 0.717) is 6.54 Å². The Labute approximate surface area is 142 Å². The maximum Gasteiger partial charge on any atom is 0.194 e. The molecule has 5 nitrogen and oxygen atoms in total. The average Bonchev–Trinajstić information content (AvgIpc) is 2.95. The molecule has 0 aliphatic rings. The lowest BCUT2D eigenvalue weighted by Gasteiger charge is -2.22. The first-order valence-corrected chi connectivity index (χ1v) is 6.65. The van der Waals surface area contributed by atoms with E-state index in [4.69, 9.17) is 0 Å². The van der Waals surface area contributed by atoms with E-state index in [1.165, 1.54) is 11.1 Å². The molecule has 0 radical (unpaired) electrons. The molecule has 0 aliphatic carbocycles. The minimum Gasteiger partial charge on any atom is -0.351 e. The van der Waals surface area contributed by atoms with Gasteiger partial charge in [0.25, 0.3) is 0 Å². The van der Waals surface area contributed by atoms with Crippen LogP contribution in [0.5, 0.6) is 0 Å². The third-order valence-corrected chi connectivity index (χ3v) is 3.24. The lowest BCUT2D eigenvalue weighted by atomic mass is 10.1. The topological polar surface area (TPSA) is 56.3 Å². The Hall–Kier alpha value is -1.57. The molecule has 0 atom stereocenters. The lowest BCUT2D eigenvalue weighted by molar-refractivity contribution is 0.475. The zero-order chi connectivity index (χ0) is 14.4. The van der Waals surface area contributed by atoms with Crippen LogP contribution < -0.4 is 5.32 Å². The van der Waals surface area contributed by atoms with Gasteiger partial charge in [-0.2, -0.15) is 5.10 Å². The monoisotopic (exact) mass is 399 g/mol. The highest BCUT2D eigenvalue weighted by atomic mass is 127. The Balaban J connectivity index is 0.00000220. The molecule has 0 unspecified atom stereocenters. The first kappa shape index (κ1) is 17.5. The molecule has 114 valence electrons. The Bertz CT molecular complexity index is 565. The van der Waals surface area contributed by atoms with Crippen molar-refractivity contribution < 1.29 is 0 Å². The number of H-pyrrole nitrogens is 1. The van der Waals surface area contributed by atoms with E-state index in [1.807, 2.05) is 13.1 Å². The normalized spacial score (nSPS) is 10.9. The van der Waals surface area contributed by atoms with Gasteiger partial charge in [0, 0.05) is 26.8 Å². The van der Waals surface area contributed by atoms with E-state index >= 15 is 0 Å². The summed E-state index contributed by atoms with van der Waals surface area (Å²) in [4.78, 5) is 6.42. The molecule has 1 heterocycles. The van der Waals surface area contributed by atoms with Crippen LogP contribution in [-0.4, -0.2) is 35.2 Å². The van der Waals surface area contributed by atoms with Crippen molar-refractivity contribution in [2.45, 2.75) is 20.0 Å². The summed E-state index contributed by atoms with van der Waals surface area (Å²) in [5, 5.41) is 10.2. The van der Waals surface area contributed by atoms with Crippen LogP contribution in [0.3, 0.4) is 0 Å². The van der Waals surface area contributed by atoms with E-state index < -0.39 is 0 Å². The van der Waals surface area contributed by atoms with Crippen LogP contribution in [0.2, 0.25) is 0 Å². The van der Waals surface area contributed by atoms with Crippen LogP contribution in [0.4, 0.5) is 0 Å². The molecule has 21 heavy (non-hydrogen) atoms. The highest BCUT2D eigenvalue weighted by molar-refractivity contribution is 14.0. The number of aryl methyl sites for hydroxylation is 1. The van der Waals surface area contributed by atoms with Gasteiger partial charge in [0.2, 0.25) is 0 Å². The Morgan fingerprint density at radius 2 is 2.10 bits per heavy atom. The molecule has 0 spiro atoms. The second-order valence-electron chi connectivity index (χ2n) is 4.77. The van der Waals surface area contributed by atoms with Gasteiger partial charge in [-0.3, -0.25) is 10.1 Å². The van der Waals surface area contributed by atoms with Crippen molar-refractivity contribution >= 4 is 29.9 Å². The van der Waals surface area contributed by atoms with E-state index in [9.17, 15) is 0 Å². The molecule has 2 N–H and O–H groups in total. The average molecular weight is 399 g/mol. The summed E-state index contributed by atoms with van der Waals surface area (Å²) >= 11 is 0. The van der Waals surface area contributed by atoms with E-state index in [1.54, 1.807) is 13.2 Å². The Kier molecular flexibility index (Phi) is 7.21. The van der Waals surface area contributed by atoms with Gasteiger partial charge < -0.3 is 10.2 Å². The first-order chi connectivity index (χ1) is 9.70. The van der Waals surface area contributed by atoms with Crippen LogP contribution in [0.25, 0.3) is 0 Å². The molecule has 0 fully saturated rings. The molecular formula is C15H22IN5. The quantitative estimate of drug-likeness (QED) is 0.472. The fourth-order valence-corrected chi connectivity index (χ4v) is 2.06. The number of benzene rings is 1. The summed E-state index contributed by atoms with van der Waals surface area (Å²) in [5.41, 5.74) is 3.64. The Morgan fingerprint density at radius 3 is 2.71 bits per heavy atom. The van der Waals surface area contributed by atoms with Gasteiger partial charge in [0.05, 0.1) is 12.2 Å². The molecule has 1 aromatic carbocycles. The standard InChI is InChI=1S/C15H21N5.HI/c1-12-6-4-5-7-13(12)11-20(3)15(16-2)17-10-14-8-9-18-19-14;/h4-9H,10-11H2,1-3H3,(H,16,17)(H,18,19);1H. The third kappa shape index (κ3) is 5.04. The summed E-state index contributed by atoms with van der Waals surface area (Å²) in [7, 11) is 3.83. The van der Waals surface area contributed by atoms with Crippen molar-refractivity contribution in [1.82, 2.24) is 20.4 Å². The van der Waals surface area contributed by atoms with Crippen LogP contribution >= 0.6 is 24.0 Å². The van der Waals surface area contributed by atoms with Crippen LogP contribution in [-0.2, 0) is 13.1 Å². The molecule has 0 aliphatic heterocycles. The lowest BCUT2D eigenvalue weighted by Crippen LogP contribution is -2.38. The van der Waals surface area contributed by atoms with Crippen molar-refractivity contribution in [3.05, 3.63) is 53.3 Å². The number of guanidine groups is 1. The molecule has 0 saturated carbocycles. The van der Waals surface area contributed by atoms with Gasteiger partial charge >= 0.3 is 0 Å². The van der Waals surface area contributed by atoms with Gasteiger partial charge in [-0.15, -0.1) is 24.0 Å². The van der Waals surface area contributed by atoms with Gasteiger partial charge in [-0.05, 0) is 24.1 Å². The number of aromatic nitrogens is 2. The van der Waals surface area contributed by atoms with E-state index in [0.717, 1.165) is 18.2 Å². The summed E-state index contributed by atoms with van der Waals surface area (Å²) in [5.74, 6) is 0.864. The highest BCUT2D eigenvalue weighted by Crippen LogP contribution is 2.09. The summed E-state index contributed by atoms with van der Waals surface area (Å²) < 4.78 is 0. The number of aromatic amines is 1. The summed E-state index contributed by atoms with van der Waals surface area (Å²) in [6.45, 7) is 3.64. The Morgan fingerprint density at radius 1 is 1.33 bits per heavy atom. The minimum absolute atomic E-state index is 0. The van der Waals surface area contributed by atoms with Gasteiger partial charge in [-0.25, -0.2) is 0 Å². The number of hydrogen-bond acceptors (Lipinski definition) is 2. The molecule has 0 saturated heterocycles. The zero-order valence-electron chi connectivity index (χ0n) is 12.6. The molecule has 2 rings (SSSR count). The molecule has 0 bridgehead atoms. The maximum absolute atomic E-state index is 4.31. The number of nitrogens with one attached hydrogen (secondary N) is 2. The smallest absolute Gasteiger partial charge is 0.194 e. The van der Waals surface area contributed by atoms with Gasteiger partial charge in [-0.1, -0.05) is 24.3 Å². The van der Waals surface area contributed by atoms with E-state index in [2.05, 4.69) is 56.6 Å². The van der Waals surface area contributed by atoms with Crippen molar-refractivity contribution in [3.8, 4) is 0 Å². The van der Waals surface area contributed by atoms with E-state index in [-0.39, 0.29) is 24.0 Å². The van der Waals surface area contributed by atoms with Gasteiger partial charge in [0.1, 0.15) is 0 Å². The molecular weight excluding hydrogens is 377 g/mol. The molecule has 6 heteroatoms. The third-order valence-electron chi connectivity index (χ3n) is 3.24. The van der Waals surface area contributed by atoms with Crippen molar-refractivity contribution in [2.24, 2.45) is 4.99 Å². The van der Waals surface area contributed by atoms with Crippen LogP contribution in [0.1, 0.15) is 16.8 Å². The first-order valence-electron chi connectivity index (χ1n) is 6.65. The number of hydrogen-bond donors (Lipinski definition) is 2. The van der Waals surface area contributed by atoms with Crippen molar-refractivity contribution in [3.63, 3.8) is 0 Å². The largest absolute Gasteiger partial charge is 0.351 e. The fourth-order valence-electron chi connectivity index (χ4n) is 2.06. The summed E-state index contributed by atoms with van der Waals surface area (Å²) in [6, 6.07) is 10.3. The number of nitrogens with zero attached hydrogens (tertiary/aromatic N) is 3. The van der Waals surface area contributed by atoms with Gasteiger partial charge in [0.15, 0.2) is 5.96 Å². The second kappa shape index (κ2) is 8.66. The molecule has 1 aromatic heterocycles. The van der Waals surface area contributed by atoms with Crippen LogP contribution in [0, 0.1) is 6.92 Å². The number of rotatable bonds is 4. The fraction of sp³-hybridized carbons (Fsp3) is 0.333. The molecule has 2 aromatic rings.